The van der Waals surface area contributed by atoms with Gasteiger partial charge in [0, 0.05) is 30.6 Å². The van der Waals surface area contributed by atoms with Crippen molar-refractivity contribution in [3.63, 3.8) is 0 Å². The number of nitrogens with one attached hydrogen (secondary N) is 2. The van der Waals surface area contributed by atoms with Crippen LogP contribution in [0.3, 0.4) is 0 Å². The number of methoxy groups -OCH3 is 1. The molecule has 0 spiro atoms. The topological polar surface area (TPSA) is 74.4 Å². The van der Waals surface area contributed by atoms with Gasteiger partial charge in [-0.05, 0) is 42.3 Å². The van der Waals surface area contributed by atoms with E-state index in [9.17, 15) is 9.59 Å². The van der Waals surface area contributed by atoms with Crippen molar-refractivity contribution in [2.75, 3.05) is 26.2 Å². The molecule has 26 heavy (non-hydrogen) atoms. The van der Waals surface area contributed by atoms with Crippen LogP contribution in [0.4, 0.5) is 0 Å². The molecular formula is C18H23N3O3S2. The molecule has 1 atom stereocenters. The zero-order valence-corrected chi connectivity index (χ0v) is 16.7. The average Bonchev–Trinajstić information content (AvgIpc) is 2.64. The lowest BCUT2D eigenvalue weighted by Gasteiger charge is -2.25. The molecule has 6 nitrogen and oxygen atoms in total. The molecule has 8 heteroatoms. The van der Waals surface area contributed by atoms with Crippen LogP contribution in [0.25, 0.3) is 10.9 Å². The minimum atomic E-state index is -0.488. The number of hydrogen-bond acceptors (Lipinski definition) is 5. The molecule has 1 unspecified atom stereocenters. The Kier molecular flexibility index (Phi) is 7.47. The number of carbonyl (C=O) groups is 1. The molecule has 0 saturated heterocycles. The maximum absolute atomic E-state index is 11.9. The zero-order valence-electron chi connectivity index (χ0n) is 15.1. The molecule has 0 aliphatic rings. The van der Waals surface area contributed by atoms with E-state index in [-0.39, 0.29) is 11.5 Å². The van der Waals surface area contributed by atoms with Crippen molar-refractivity contribution in [2.24, 2.45) is 0 Å². The molecule has 1 heterocycles. The van der Waals surface area contributed by atoms with Crippen LogP contribution >= 0.6 is 24.0 Å². The Morgan fingerprint density at radius 2 is 2.15 bits per heavy atom. The molecule has 0 aliphatic carbocycles. The molecule has 0 aliphatic heterocycles. The summed E-state index contributed by atoms with van der Waals surface area (Å²) in [5.41, 5.74) is 1.50. The number of aromatic nitrogens is 1. The van der Waals surface area contributed by atoms with E-state index >= 15 is 0 Å². The first kappa shape index (κ1) is 20.3. The first-order valence-corrected chi connectivity index (χ1v) is 9.95. The van der Waals surface area contributed by atoms with Gasteiger partial charge in [0.25, 0.3) is 0 Å². The number of fused-ring (bicyclic) bond motifs is 1. The number of ether oxygens (including phenoxy) is 1. The highest BCUT2D eigenvalue weighted by Gasteiger charge is 2.21. The molecule has 2 aromatic rings. The summed E-state index contributed by atoms with van der Waals surface area (Å²) in [6.07, 6.45) is 2.60. The van der Waals surface area contributed by atoms with Gasteiger partial charge in [-0.25, -0.2) is 4.79 Å². The molecule has 0 radical (unpaired) electrons. The van der Waals surface area contributed by atoms with Gasteiger partial charge in [-0.2, -0.15) is 11.8 Å². The van der Waals surface area contributed by atoms with E-state index in [1.807, 2.05) is 42.5 Å². The summed E-state index contributed by atoms with van der Waals surface area (Å²) in [4.78, 5) is 28.5. The largest absolute Gasteiger partial charge is 0.467 e. The lowest BCUT2D eigenvalue weighted by Crippen LogP contribution is -2.47. The Bertz CT molecular complexity index is 838. The zero-order chi connectivity index (χ0) is 19.1. The molecule has 0 saturated carbocycles. The quantitative estimate of drug-likeness (QED) is 0.551. The maximum Gasteiger partial charge on any atom is 0.328 e. The van der Waals surface area contributed by atoms with E-state index in [0.29, 0.717) is 18.1 Å². The molecule has 140 valence electrons. The highest BCUT2D eigenvalue weighted by Crippen LogP contribution is 2.16. The summed E-state index contributed by atoms with van der Waals surface area (Å²) in [6, 6.07) is 8.72. The number of aromatic amines is 1. The van der Waals surface area contributed by atoms with Gasteiger partial charge in [-0.15, -0.1) is 0 Å². The van der Waals surface area contributed by atoms with Crippen LogP contribution in [0.15, 0.2) is 35.1 Å². The molecule has 2 rings (SSSR count). The lowest BCUT2D eigenvalue weighted by molar-refractivity contribution is -0.142. The van der Waals surface area contributed by atoms with E-state index < -0.39 is 6.04 Å². The number of rotatable bonds is 7. The van der Waals surface area contributed by atoms with E-state index in [1.165, 1.54) is 7.11 Å². The standard InChI is InChI=1S/C18H23N3O3S2/c1-21(18(25)20-15(8-9-26-3)17(23)24-2)11-12-10-16(22)19-14-7-5-4-6-13(12)14/h4-7,10,15H,8-9,11H2,1-3H3,(H,19,22)(H,20,25). The van der Waals surface area contributed by atoms with E-state index in [0.717, 1.165) is 22.2 Å². The first-order valence-electron chi connectivity index (χ1n) is 8.15. The van der Waals surface area contributed by atoms with E-state index in [4.69, 9.17) is 17.0 Å². The van der Waals surface area contributed by atoms with Crippen LogP contribution < -0.4 is 10.9 Å². The van der Waals surface area contributed by atoms with Crippen LogP contribution in [0.1, 0.15) is 12.0 Å². The minimum Gasteiger partial charge on any atom is -0.467 e. The molecule has 0 amide bonds. The summed E-state index contributed by atoms with van der Waals surface area (Å²) < 4.78 is 4.85. The summed E-state index contributed by atoms with van der Waals surface area (Å²) >= 11 is 7.10. The number of hydrogen-bond donors (Lipinski definition) is 2. The first-order chi connectivity index (χ1) is 12.5. The second-order valence-electron chi connectivity index (χ2n) is 5.87. The van der Waals surface area contributed by atoms with Gasteiger partial charge in [-0.1, -0.05) is 18.2 Å². The summed E-state index contributed by atoms with van der Waals surface area (Å²) in [6.45, 7) is 0.451. The molecule has 1 aromatic heterocycles. The van der Waals surface area contributed by atoms with E-state index in [2.05, 4.69) is 10.3 Å². The van der Waals surface area contributed by atoms with Crippen LogP contribution in [0.5, 0.6) is 0 Å². The number of esters is 1. The molecule has 2 N–H and O–H groups in total. The van der Waals surface area contributed by atoms with Crippen LogP contribution in [-0.2, 0) is 16.1 Å². The Labute approximate surface area is 162 Å². The Hall–Kier alpha value is -2.06. The van der Waals surface area contributed by atoms with Gasteiger partial charge in [0.05, 0.1) is 7.11 Å². The number of carbonyl (C=O) groups excluding carboxylic acids is 1. The Morgan fingerprint density at radius 1 is 1.42 bits per heavy atom. The maximum atomic E-state index is 11.9. The van der Waals surface area contributed by atoms with Gasteiger partial charge in [0.15, 0.2) is 5.11 Å². The van der Waals surface area contributed by atoms with Gasteiger partial charge >= 0.3 is 5.97 Å². The third-order valence-electron chi connectivity index (χ3n) is 3.98. The predicted octanol–water partition coefficient (Wildman–Crippen LogP) is 2.13. The fourth-order valence-electron chi connectivity index (χ4n) is 2.62. The molecule has 1 aromatic carbocycles. The molecular weight excluding hydrogens is 370 g/mol. The van der Waals surface area contributed by atoms with Crippen LogP contribution in [0, 0.1) is 0 Å². The van der Waals surface area contributed by atoms with Crippen molar-refractivity contribution in [2.45, 2.75) is 19.0 Å². The normalized spacial score (nSPS) is 11.8. The monoisotopic (exact) mass is 393 g/mol. The third kappa shape index (κ3) is 5.22. The van der Waals surface area contributed by atoms with Gasteiger partial charge in [0.1, 0.15) is 6.04 Å². The number of nitrogens with zero attached hydrogens (tertiary/aromatic N) is 1. The van der Waals surface area contributed by atoms with E-state index in [1.54, 1.807) is 17.8 Å². The Morgan fingerprint density at radius 3 is 2.85 bits per heavy atom. The Balaban J connectivity index is 2.13. The minimum absolute atomic E-state index is 0.154. The second-order valence-corrected chi connectivity index (χ2v) is 7.24. The van der Waals surface area contributed by atoms with Gasteiger partial charge in [-0.3, -0.25) is 4.79 Å². The fraction of sp³-hybridized carbons (Fsp3) is 0.389. The summed E-state index contributed by atoms with van der Waals surface area (Å²) in [7, 11) is 3.19. The third-order valence-corrected chi connectivity index (χ3v) is 5.06. The molecule has 0 bridgehead atoms. The SMILES string of the molecule is COC(=O)C(CCSC)NC(=S)N(C)Cc1cc(=O)[nH]c2ccccc12. The summed E-state index contributed by atoms with van der Waals surface area (Å²) in [5.74, 6) is 0.481. The van der Waals surface area contributed by atoms with Crippen molar-refractivity contribution < 1.29 is 9.53 Å². The van der Waals surface area contributed by atoms with Crippen molar-refractivity contribution in [3.05, 3.63) is 46.2 Å². The lowest BCUT2D eigenvalue weighted by atomic mass is 10.1. The van der Waals surface area contributed by atoms with Gasteiger partial charge in [0.2, 0.25) is 5.56 Å². The smallest absolute Gasteiger partial charge is 0.328 e. The van der Waals surface area contributed by atoms with Crippen LogP contribution in [0.2, 0.25) is 0 Å². The second kappa shape index (κ2) is 9.59. The van der Waals surface area contributed by atoms with Crippen molar-refractivity contribution in [1.82, 2.24) is 15.2 Å². The number of benzene rings is 1. The number of H-pyrrole nitrogens is 1. The van der Waals surface area contributed by atoms with Crippen LogP contribution in [-0.4, -0.2) is 53.2 Å². The average molecular weight is 394 g/mol. The van der Waals surface area contributed by atoms with Crippen molar-refractivity contribution in [3.8, 4) is 0 Å². The highest BCUT2D eigenvalue weighted by atomic mass is 32.2. The van der Waals surface area contributed by atoms with Gasteiger partial charge < -0.3 is 19.9 Å². The van der Waals surface area contributed by atoms with Crippen molar-refractivity contribution in [1.29, 1.82) is 0 Å². The fourth-order valence-corrected chi connectivity index (χ4v) is 3.30. The predicted molar refractivity (Wildman–Crippen MR) is 111 cm³/mol. The summed E-state index contributed by atoms with van der Waals surface area (Å²) in [5, 5.41) is 4.47. The van der Waals surface area contributed by atoms with Crippen molar-refractivity contribution >= 4 is 46.0 Å². The number of thioether (sulfide) groups is 1. The molecule has 0 fully saturated rings. The number of para-hydroxylation sites is 1. The highest BCUT2D eigenvalue weighted by molar-refractivity contribution is 7.98. The number of pyridine rings is 1. The number of thiocarbonyl (C=S) groups is 1.